The van der Waals surface area contributed by atoms with E-state index in [1.54, 1.807) is 54.7 Å². The van der Waals surface area contributed by atoms with Gasteiger partial charge in [0.25, 0.3) is 11.8 Å². The van der Waals surface area contributed by atoms with Crippen molar-refractivity contribution in [1.29, 1.82) is 5.26 Å². The van der Waals surface area contributed by atoms with Crippen molar-refractivity contribution in [1.82, 2.24) is 20.5 Å². The number of ether oxygens (including phenoxy) is 2. The lowest BCUT2D eigenvalue weighted by Gasteiger charge is -2.27. The van der Waals surface area contributed by atoms with E-state index in [0.717, 1.165) is 61.1 Å². The second-order valence-corrected chi connectivity index (χ2v) is 15.6. The van der Waals surface area contributed by atoms with E-state index in [1.165, 1.54) is 12.3 Å². The van der Waals surface area contributed by atoms with Crippen molar-refractivity contribution in [2.45, 2.75) is 77.2 Å². The van der Waals surface area contributed by atoms with Gasteiger partial charge in [0.05, 0.1) is 21.7 Å². The summed E-state index contributed by atoms with van der Waals surface area (Å²) in [5.41, 5.74) is 4.96. The molecule has 7 rings (SSSR count). The average Bonchev–Trinajstić information content (AvgIpc) is 3.53. The maximum atomic E-state index is 14.6. The normalized spacial score (nSPS) is 14.7. The molecule has 5 aromatic rings. The van der Waals surface area contributed by atoms with Crippen LogP contribution in [-0.2, 0) is 29.3 Å². The van der Waals surface area contributed by atoms with Crippen molar-refractivity contribution < 1.29 is 33.0 Å². The molecule has 0 bridgehead atoms. The van der Waals surface area contributed by atoms with Gasteiger partial charge in [-0.2, -0.15) is 5.26 Å². The summed E-state index contributed by atoms with van der Waals surface area (Å²) < 4.78 is 27.0. The molecule has 4 aromatic carbocycles. The minimum absolute atomic E-state index is 0.0741. The second-order valence-electron chi connectivity index (χ2n) is 15.2. The predicted octanol–water partition coefficient (Wildman–Crippen LogP) is 8.51. The quantitative estimate of drug-likeness (QED) is 0.0511. The molecule has 4 amide bonds. The number of hydrogen-bond donors (Lipinski definition) is 3. The lowest BCUT2D eigenvalue weighted by molar-refractivity contribution is -0.136. The van der Waals surface area contributed by atoms with Crippen LogP contribution in [0.25, 0.3) is 11.1 Å². The maximum absolute atomic E-state index is 14.6. The first-order valence-corrected chi connectivity index (χ1v) is 21.1. The SMILES string of the molecule is N#Cc1cncc(COc2cc(OCc3cccc(-c4ccccc4F)c3Cl)ccc2CNCCCCCCCCNc2cccc3c2C(=O)N(C2CCC(=O)NC2=O)C3=O)c1. The van der Waals surface area contributed by atoms with Crippen LogP contribution in [0.4, 0.5) is 10.1 Å². The van der Waals surface area contributed by atoms with Crippen molar-refractivity contribution in [2.24, 2.45) is 0 Å². The number of benzene rings is 4. The fraction of sp³-hybridized carbons (Fsp3) is 0.292. The molecule has 3 N–H and O–H groups in total. The summed E-state index contributed by atoms with van der Waals surface area (Å²) in [5.74, 6) is -1.23. The first kappa shape index (κ1) is 43.5. The van der Waals surface area contributed by atoms with Crippen LogP contribution in [0.15, 0.2) is 97.3 Å². The number of halogens is 2. The molecular formula is C48H46ClFN6O6. The van der Waals surface area contributed by atoms with E-state index in [9.17, 15) is 28.8 Å². The number of fused-ring (bicyclic) bond motifs is 1. The molecule has 1 saturated heterocycles. The Morgan fingerprint density at radius 1 is 0.806 bits per heavy atom. The number of unbranched alkanes of at least 4 members (excludes halogenated alkanes) is 5. The topological polar surface area (TPSA) is 163 Å². The maximum Gasteiger partial charge on any atom is 0.264 e. The second kappa shape index (κ2) is 20.8. The number of rotatable bonds is 20. The zero-order valence-electron chi connectivity index (χ0n) is 34.1. The van der Waals surface area contributed by atoms with Gasteiger partial charge in [-0.25, -0.2) is 4.39 Å². The Labute approximate surface area is 364 Å². The van der Waals surface area contributed by atoms with Crippen LogP contribution in [-0.4, -0.2) is 52.6 Å². The molecular weight excluding hydrogens is 811 g/mol. The molecule has 1 fully saturated rings. The average molecular weight is 857 g/mol. The number of amides is 4. The number of aromatic nitrogens is 1. The number of hydrogen-bond acceptors (Lipinski definition) is 10. The molecule has 0 spiro atoms. The van der Waals surface area contributed by atoms with Gasteiger partial charge in [0.2, 0.25) is 11.8 Å². The molecule has 1 atom stereocenters. The number of nitrogens with zero attached hydrogens (tertiary/aromatic N) is 3. The third-order valence-corrected chi connectivity index (χ3v) is 11.3. The monoisotopic (exact) mass is 856 g/mol. The Bertz CT molecular complexity index is 2510. The fourth-order valence-electron chi connectivity index (χ4n) is 7.62. The van der Waals surface area contributed by atoms with Gasteiger partial charge in [-0.3, -0.25) is 34.4 Å². The Hall–Kier alpha value is -6.62. The summed E-state index contributed by atoms with van der Waals surface area (Å²) in [6.07, 6.45) is 9.40. The first-order valence-electron chi connectivity index (χ1n) is 20.8. The standard InChI is InChI=1S/C48H46ClFN6O6/c49-45-34(11-9-13-37(45)36-12-5-6-15-39(36)50)30-61-35-18-17-33(42(24-35)62-29-32-23-31(25-51)26-53-27-32)28-52-21-7-3-1-2-4-8-22-54-40-16-10-14-38-44(40)48(60)56(47(38)59)41-19-20-43(57)55-46(41)58/h5-6,9-18,23-24,26-27,41,52,54H,1-4,7-8,19-22,28-30H2,(H,55,57,58). The summed E-state index contributed by atoms with van der Waals surface area (Å²) in [6, 6.07) is 25.6. The third-order valence-electron chi connectivity index (χ3n) is 10.9. The molecule has 318 valence electrons. The van der Waals surface area contributed by atoms with Crippen molar-refractivity contribution in [3.63, 3.8) is 0 Å². The molecule has 3 heterocycles. The van der Waals surface area contributed by atoms with E-state index in [1.807, 2.05) is 30.3 Å². The van der Waals surface area contributed by atoms with E-state index in [0.29, 0.717) is 57.6 Å². The van der Waals surface area contributed by atoms with Crippen LogP contribution in [0.1, 0.15) is 94.3 Å². The minimum atomic E-state index is -0.998. The van der Waals surface area contributed by atoms with E-state index < -0.39 is 29.7 Å². The molecule has 0 aliphatic carbocycles. The van der Waals surface area contributed by atoms with Gasteiger partial charge in [0.15, 0.2) is 0 Å². The lowest BCUT2D eigenvalue weighted by Crippen LogP contribution is -2.54. The largest absolute Gasteiger partial charge is 0.489 e. The zero-order chi connectivity index (χ0) is 43.4. The Balaban J connectivity index is 0.857. The molecule has 2 aliphatic heterocycles. The van der Waals surface area contributed by atoms with Gasteiger partial charge in [-0.15, -0.1) is 0 Å². The van der Waals surface area contributed by atoms with Crippen LogP contribution in [0.5, 0.6) is 11.5 Å². The Morgan fingerprint density at radius 3 is 2.37 bits per heavy atom. The molecule has 14 heteroatoms. The van der Waals surface area contributed by atoms with Crippen molar-refractivity contribution in [2.75, 3.05) is 18.4 Å². The molecule has 2 aliphatic rings. The highest BCUT2D eigenvalue weighted by atomic mass is 35.5. The van der Waals surface area contributed by atoms with Crippen molar-refractivity contribution in [3.05, 3.63) is 142 Å². The summed E-state index contributed by atoms with van der Waals surface area (Å²) in [4.78, 5) is 55.6. The number of carbonyl (C=O) groups is 4. The third kappa shape index (κ3) is 10.5. The van der Waals surface area contributed by atoms with Gasteiger partial charge >= 0.3 is 0 Å². The fourth-order valence-corrected chi connectivity index (χ4v) is 7.91. The van der Waals surface area contributed by atoms with Crippen LogP contribution in [0.3, 0.4) is 0 Å². The minimum Gasteiger partial charge on any atom is -0.489 e. The van der Waals surface area contributed by atoms with Crippen LogP contribution in [0, 0.1) is 17.1 Å². The summed E-state index contributed by atoms with van der Waals surface area (Å²) in [5, 5.41) is 18.8. The van der Waals surface area contributed by atoms with Gasteiger partial charge < -0.3 is 20.1 Å². The van der Waals surface area contributed by atoms with Gasteiger partial charge in [0, 0.05) is 71.5 Å². The summed E-state index contributed by atoms with van der Waals surface area (Å²) in [6.45, 7) is 2.37. The Kier molecular flexibility index (Phi) is 14.6. The number of piperidine rings is 1. The van der Waals surface area contributed by atoms with E-state index in [2.05, 4.69) is 27.0 Å². The highest BCUT2D eigenvalue weighted by Gasteiger charge is 2.45. The highest BCUT2D eigenvalue weighted by Crippen LogP contribution is 2.35. The van der Waals surface area contributed by atoms with Crippen molar-refractivity contribution in [3.8, 4) is 28.7 Å². The molecule has 0 saturated carbocycles. The lowest BCUT2D eigenvalue weighted by atomic mass is 10.0. The summed E-state index contributed by atoms with van der Waals surface area (Å²) in [7, 11) is 0. The molecule has 1 aromatic heterocycles. The first-order chi connectivity index (χ1) is 30.2. The van der Waals surface area contributed by atoms with E-state index in [4.69, 9.17) is 21.1 Å². The van der Waals surface area contributed by atoms with E-state index >= 15 is 0 Å². The number of anilines is 1. The molecule has 0 radical (unpaired) electrons. The molecule has 62 heavy (non-hydrogen) atoms. The summed E-state index contributed by atoms with van der Waals surface area (Å²) >= 11 is 6.74. The zero-order valence-corrected chi connectivity index (χ0v) is 34.8. The van der Waals surface area contributed by atoms with Crippen molar-refractivity contribution >= 4 is 40.9 Å². The van der Waals surface area contributed by atoms with Gasteiger partial charge in [-0.1, -0.05) is 85.8 Å². The highest BCUT2D eigenvalue weighted by molar-refractivity contribution is 6.34. The molecule has 12 nitrogen and oxygen atoms in total. The predicted molar refractivity (Wildman–Crippen MR) is 232 cm³/mol. The Morgan fingerprint density at radius 2 is 1.56 bits per heavy atom. The molecule has 1 unspecified atom stereocenters. The number of nitrogens with one attached hydrogen (secondary N) is 3. The smallest absolute Gasteiger partial charge is 0.264 e. The van der Waals surface area contributed by atoms with E-state index in [-0.39, 0.29) is 43.0 Å². The van der Waals surface area contributed by atoms with Gasteiger partial charge in [-0.05, 0) is 56.1 Å². The number of carbonyl (C=O) groups excluding carboxylic acids is 4. The van der Waals surface area contributed by atoms with Crippen LogP contribution >= 0.6 is 11.6 Å². The van der Waals surface area contributed by atoms with Crippen LogP contribution < -0.4 is 25.4 Å². The van der Waals surface area contributed by atoms with Crippen LogP contribution in [0.2, 0.25) is 5.02 Å². The number of nitriles is 1. The van der Waals surface area contributed by atoms with Gasteiger partial charge in [0.1, 0.15) is 42.6 Å². The number of pyridine rings is 1. The number of imide groups is 2.